The normalized spacial score (nSPS) is 16.8. The maximum atomic E-state index is 2.20. The van der Waals surface area contributed by atoms with Crippen LogP contribution in [0.2, 0.25) is 0 Å². The van der Waals surface area contributed by atoms with Crippen molar-refractivity contribution in [2.75, 3.05) is 0 Å². The summed E-state index contributed by atoms with van der Waals surface area (Å²) in [6.45, 7) is 4.33. The van der Waals surface area contributed by atoms with Crippen molar-refractivity contribution in [2.24, 2.45) is 0 Å². The van der Waals surface area contributed by atoms with Gasteiger partial charge in [0, 0.05) is 26.2 Å². The van der Waals surface area contributed by atoms with Crippen molar-refractivity contribution in [1.29, 1.82) is 0 Å². The van der Waals surface area contributed by atoms with Crippen LogP contribution >= 0.6 is 0 Å². The molecule has 0 heterocycles. The fraction of sp³-hybridized carbons (Fsp3) is 0.429. The monoisotopic (exact) mass is 184 g/mol. The van der Waals surface area contributed by atoms with Crippen LogP contribution in [0.4, 0.5) is 0 Å². The van der Waals surface area contributed by atoms with Gasteiger partial charge >= 0.3 is 0 Å². The van der Waals surface area contributed by atoms with Gasteiger partial charge < -0.3 is 0 Å². The predicted octanol–water partition coefficient (Wildman–Crippen LogP) is 2.28. The number of hydrogen-bond acceptors (Lipinski definition) is 0. The molecule has 0 saturated carbocycles. The first kappa shape index (κ1) is 8.36. The molecule has 8 heavy (non-hydrogen) atoms. The molecular formula is C7H10Zr. The third-order valence-electron chi connectivity index (χ3n) is 1.47. The van der Waals surface area contributed by atoms with E-state index in [1.807, 2.05) is 0 Å². The molecule has 0 bridgehead atoms. The summed E-state index contributed by atoms with van der Waals surface area (Å²) in [6, 6.07) is 0. The summed E-state index contributed by atoms with van der Waals surface area (Å²) in [7, 11) is 0. The molecule has 1 rings (SSSR count). The topological polar surface area (TPSA) is 0 Å². The summed E-state index contributed by atoms with van der Waals surface area (Å²) >= 11 is 0. The van der Waals surface area contributed by atoms with E-state index in [0.29, 0.717) is 0 Å². The second-order valence-corrected chi connectivity index (χ2v) is 2.07. The number of hydrogen-bond donors (Lipinski definition) is 0. The molecular weight excluding hydrogens is 175 g/mol. The quantitative estimate of drug-likeness (QED) is 0.543. The van der Waals surface area contributed by atoms with Crippen molar-refractivity contribution >= 4 is 0 Å². The molecule has 0 nitrogen and oxygen atoms in total. The Kier molecular flexibility index (Phi) is 3.55. The van der Waals surface area contributed by atoms with Gasteiger partial charge in [0.25, 0.3) is 0 Å². The Morgan fingerprint density at radius 3 is 2.12 bits per heavy atom. The molecule has 0 unspecified atom stereocenters. The van der Waals surface area contributed by atoms with Crippen molar-refractivity contribution in [1.82, 2.24) is 0 Å². The Balaban J connectivity index is 0.000000490. The molecule has 0 saturated heterocycles. The van der Waals surface area contributed by atoms with Crippen molar-refractivity contribution in [2.45, 2.75) is 20.3 Å². The maximum absolute atomic E-state index is 2.20. The minimum absolute atomic E-state index is 0. The minimum atomic E-state index is 0. The number of rotatable bonds is 0. The molecule has 0 aromatic heterocycles. The summed E-state index contributed by atoms with van der Waals surface area (Å²) in [5.74, 6) is 0. The van der Waals surface area contributed by atoms with Crippen molar-refractivity contribution in [3.05, 3.63) is 23.3 Å². The fourth-order valence-electron chi connectivity index (χ4n) is 0.716. The summed E-state index contributed by atoms with van der Waals surface area (Å²) in [5.41, 5.74) is 2.96. The molecule has 0 aromatic rings. The predicted molar refractivity (Wildman–Crippen MR) is 32.1 cm³/mol. The SMILES string of the molecule is CC1=C(C)CC=C1.[Zr]. The van der Waals surface area contributed by atoms with E-state index in [-0.39, 0.29) is 26.2 Å². The van der Waals surface area contributed by atoms with E-state index in [9.17, 15) is 0 Å². The van der Waals surface area contributed by atoms with Gasteiger partial charge in [-0.3, -0.25) is 0 Å². The summed E-state index contributed by atoms with van der Waals surface area (Å²) < 4.78 is 0. The van der Waals surface area contributed by atoms with Gasteiger partial charge in [-0.1, -0.05) is 23.3 Å². The summed E-state index contributed by atoms with van der Waals surface area (Å²) in [5, 5.41) is 0. The maximum Gasteiger partial charge on any atom is 0 e. The molecule has 0 aromatic carbocycles. The van der Waals surface area contributed by atoms with Gasteiger partial charge in [0.15, 0.2) is 0 Å². The largest absolute Gasteiger partial charge is 0.0802 e. The Bertz CT molecular complexity index is 131. The fourth-order valence-corrected chi connectivity index (χ4v) is 0.716. The van der Waals surface area contributed by atoms with Gasteiger partial charge in [0.1, 0.15) is 0 Å². The zero-order valence-electron chi connectivity index (χ0n) is 5.36. The molecule has 42 valence electrons. The molecule has 1 aliphatic carbocycles. The van der Waals surface area contributed by atoms with Crippen molar-refractivity contribution in [3.8, 4) is 0 Å². The molecule has 1 aliphatic rings. The molecule has 0 spiro atoms. The van der Waals surface area contributed by atoms with Crippen LogP contribution in [0.15, 0.2) is 23.3 Å². The van der Waals surface area contributed by atoms with Crippen LogP contribution in [0.5, 0.6) is 0 Å². The Morgan fingerprint density at radius 2 is 2.00 bits per heavy atom. The molecule has 0 atom stereocenters. The van der Waals surface area contributed by atoms with E-state index in [2.05, 4.69) is 26.0 Å². The molecule has 1 heteroatoms. The van der Waals surface area contributed by atoms with Gasteiger partial charge in [0.05, 0.1) is 0 Å². The van der Waals surface area contributed by atoms with Crippen LogP contribution in [0, 0.1) is 0 Å². The average molecular weight is 185 g/mol. The summed E-state index contributed by atoms with van der Waals surface area (Å²) in [6.07, 6.45) is 5.55. The minimum Gasteiger partial charge on any atom is -0.0802 e. The Hall–Kier alpha value is 0.363. The summed E-state index contributed by atoms with van der Waals surface area (Å²) in [4.78, 5) is 0. The van der Waals surface area contributed by atoms with Gasteiger partial charge in [-0.15, -0.1) is 0 Å². The third-order valence-corrected chi connectivity index (χ3v) is 1.47. The molecule has 0 radical (unpaired) electrons. The van der Waals surface area contributed by atoms with E-state index in [4.69, 9.17) is 0 Å². The molecule has 0 N–H and O–H groups in total. The van der Waals surface area contributed by atoms with Crippen LogP contribution in [0.1, 0.15) is 20.3 Å². The molecule has 0 amide bonds. The van der Waals surface area contributed by atoms with Crippen molar-refractivity contribution < 1.29 is 26.2 Å². The average Bonchev–Trinajstić information content (AvgIpc) is 1.91. The van der Waals surface area contributed by atoms with E-state index in [1.165, 1.54) is 17.6 Å². The van der Waals surface area contributed by atoms with Crippen LogP contribution in [0.3, 0.4) is 0 Å². The molecule has 0 fully saturated rings. The second kappa shape index (κ2) is 3.40. The second-order valence-electron chi connectivity index (χ2n) is 2.07. The first-order valence-corrected chi connectivity index (χ1v) is 2.63. The Labute approximate surface area is 69.8 Å². The van der Waals surface area contributed by atoms with E-state index < -0.39 is 0 Å². The van der Waals surface area contributed by atoms with Crippen molar-refractivity contribution in [3.63, 3.8) is 0 Å². The van der Waals surface area contributed by atoms with E-state index >= 15 is 0 Å². The van der Waals surface area contributed by atoms with Crippen LogP contribution in [-0.2, 0) is 26.2 Å². The van der Waals surface area contributed by atoms with Gasteiger partial charge in [-0.2, -0.15) is 0 Å². The first-order chi connectivity index (χ1) is 3.30. The standard InChI is InChI=1S/C7H10.Zr/c1-6-4-3-5-7(6)2;/h3-4H,5H2,1-2H3;. The zero-order chi connectivity index (χ0) is 5.28. The van der Waals surface area contributed by atoms with Crippen LogP contribution in [0.25, 0.3) is 0 Å². The van der Waals surface area contributed by atoms with Crippen LogP contribution in [-0.4, -0.2) is 0 Å². The van der Waals surface area contributed by atoms with Gasteiger partial charge in [-0.05, 0) is 20.3 Å². The van der Waals surface area contributed by atoms with Gasteiger partial charge in [-0.25, -0.2) is 0 Å². The third kappa shape index (κ3) is 1.70. The Morgan fingerprint density at radius 1 is 1.38 bits per heavy atom. The zero-order valence-corrected chi connectivity index (χ0v) is 7.82. The first-order valence-electron chi connectivity index (χ1n) is 2.63. The molecule has 0 aliphatic heterocycles. The van der Waals surface area contributed by atoms with E-state index in [0.717, 1.165) is 0 Å². The van der Waals surface area contributed by atoms with Gasteiger partial charge in [0.2, 0.25) is 0 Å². The van der Waals surface area contributed by atoms with E-state index in [1.54, 1.807) is 0 Å². The van der Waals surface area contributed by atoms with Crippen LogP contribution < -0.4 is 0 Å². The number of allylic oxidation sites excluding steroid dienone is 4. The smallest absolute Gasteiger partial charge is 0 e.